The van der Waals surface area contributed by atoms with Gasteiger partial charge in [-0.2, -0.15) is 0 Å². The molecule has 0 aliphatic heterocycles. The number of hydrogen-bond donors (Lipinski definition) is 1. The quantitative estimate of drug-likeness (QED) is 0.914. The van der Waals surface area contributed by atoms with Crippen LogP contribution in [0.1, 0.15) is 10.4 Å². The zero-order valence-electron chi connectivity index (χ0n) is 10.7. The van der Waals surface area contributed by atoms with Crippen LogP contribution in [-0.4, -0.2) is 25.1 Å². The molecule has 0 aliphatic rings. The molecular weight excluding hydrogens is 244 g/mol. The van der Waals surface area contributed by atoms with Crippen molar-refractivity contribution in [1.82, 2.24) is 4.98 Å². The molecule has 2 rings (SSSR count). The molecule has 2 aromatic rings. The minimum atomic E-state index is -0.262. The molecule has 98 valence electrons. The van der Waals surface area contributed by atoms with Crippen LogP contribution in [0.3, 0.4) is 0 Å². The number of para-hydroxylation sites is 1. The van der Waals surface area contributed by atoms with Gasteiger partial charge >= 0.3 is 0 Å². The van der Waals surface area contributed by atoms with Gasteiger partial charge < -0.3 is 14.8 Å². The van der Waals surface area contributed by atoms with Crippen molar-refractivity contribution >= 4 is 11.6 Å². The highest BCUT2D eigenvalue weighted by atomic mass is 16.5. The lowest BCUT2D eigenvalue weighted by Crippen LogP contribution is -2.13. The van der Waals surface area contributed by atoms with E-state index in [2.05, 4.69) is 10.3 Å². The molecule has 0 unspecified atom stereocenters. The minimum Gasteiger partial charge on any atom is -0.493 e. The summed E-state index contributed by atoms with van der Waals surface area (Å²) in [6.07, 6.45) is 3.22. The SMILES string of the molecule is COc1cccc(C(=O)Nc2ccncc2)c1OC. The monoisotopic (exact) mass is 258 g/mol. The number of amides is 1. The summed E-state index contributed by atoms with van der Waals surface area (Å²) >= 11 is 0. The van der Waals surface area contributed by atoms with Gasteiger partial charge in [0.25, 0.3) is 5.91 Å². The summed E-state index contributed by atoms with van der Waals surface area (Å²) in [4.78, 5) is 16.1. The van der Waals surface area contributed by atoms with Crippen molar-refractivity contribution in [1.29, 1.82) is 0 Å². The highest BCUT2D eigenvalue weighted by Crippen LogP contribution is 2.31. The molecule has 1 N–H and O–H groups in total. The summed E-state index contributed by atoms with van der Waals surface area (Å²) < 4.78 is 10.4. The molecule has 1 aromatic heterocycles. The largest absolute Gasteiger partial charge is 0.493 e. The van der Waals surface area contributed by atoms with Crippen molar-refractivity contribution in [3.8, 4) is 11.5 Å². The van der Waals surface area contributed by atoms with Crippen LogP contribution < -0.4 is 14.8 Å². The van der Waals surface area contributed by atoms with Crippen LogP contribution in [0.15, 0.2) is 42.7 Å². The van der Waals surface area contributed by atoms with E-state index >= 15 is 0 Å². The molecule has 0 saturated heterocycles. The number of hydrogen-bond acceptors (Lipinski definition) is 4. The number of benzene rings is 1. The van der Waals surface area contributed by atoms with Crippen molar-refractivity contribution in [2.75, 3.05) is 19.5 Å². The molecule has 0 bridgehead atoms. The Morgan fingerprint density at radius 2 is 1.84 bits per heavy atom. The van der Waals surface area contributed by atoms with Crippen LogP contribution >= 0.6 is 0 Å². The van der Waals surface area contributed by atoms with Gasteiger partial charge in [0.05, 0.1) is 19.8 Å². The van der Waals surface area contributed by atoms with E-state index in [9.17, 15) is 4.79 Å². The van der Waals surface area contributed by atoms with Crippen molar-refractivity contribution < 1.29 is 14.3 Å². The average Bonchev–Trinajstić information content (AvgIpc) is 2.47. The maximum absolute atomic E-state index is 12.2. The van der Waals surface area contributed by atoms with E-state index < -0.39 is 0 Å². The second-order valence-electron chi connectivity index (χ2n) is 3.73. The molecule has 0 spiro atoms. The zero-order valence-corrected chi connectivity index (χ0v) is 10.7. The predicted molar refractivity (Wildman–Crippen MR) is 71.7 cm³/mol. The third kappa shape index (κ3) is 2.82. The lowest BCUT2D eigenvalue weighted by Gasteiger charge is -2.12. The van der Waals surface area contributed by atoms with E-state index in [-0.39, 0.29) is 5.91 Å². The Morgan fingerprint density at radius 3 is 2.47 bits per heavy atom. The summed E-state index contributed by atoms with van der Waals surface area (Å²) in [5, 5.41) is 2.77. The van der Waals surface area contributed by atoms with Gasteiger partial charge in [0.2, 0.25) is 0 Å². The molecule has 0 radical (unpaired) electrons. The molecular formula is C14H14N2O3. The van der Waals surface area contributed by atoms with Crippen LogP contribution in [0.25, 0.3) is 0 Å². The third-order valence-corrected chi connectivity index (χ3v) is 2.59. The van der Waals surface area contributed by atoms with E-state index in [4.69, 9.17) is 9.47 Å². The van der Waals surface area contributed by atoms with Gasteiger partial charge in [0.1, 0.15) is 0 Å². The second-order valence-corrected chi connectivity index (χ2v) is 3.73. The van der Waals surface area contributed by atoms with Gasteiger partial charge in [0.15, 0.2) is 11.5 Å². The lowest BCUT2D eigenvalue weighted by atomic mass is 10.1. The van der Waals surface area contributed by atoms with Crippen LogP contribution in [0.5, 0.6) is 11.5 Å². The molecule has 5 nitrogen and oxygen atoms in total. The Labute approximate surface area is 111 Å². The van der Waals surface area contributed by atoms with Crippen molar-refractivity contribution in [2.45, 2.75) is 0 Å². The molecule has 1 aromatic carbocycles. The Hall–Kier alpha value is -2.56. The van der Waals surface area contributed by atoms with E-state index in [1.165, 1.54) is 14.2 Å². The topological polar surface area (TPSA) is 60.5 Å². The summed E-state index contributed by atoms with van der Waals surface area (Å²) in [5.74, 6) is 0.670. The second kappa shape index (κ2) is 5.86. The van der Waals surface area contributed by atoms with Gasteiger partial charge in [-0.3, -0.25) is 9.78 Å². The minimum absolute atomic E-state index is 0.262. The standard InChI is InChI=1S/C14H14N2O3/c1-18-12-5-3-4-11(13(12)19-2)14(17)16-10-6-8-15-9-7-10/h3-9H,1-2H3,(H,15,16,17). The fourth-order valence-electron chi connectivity index (χ4n) is 1.70. The van der Waals surface area contributed by atoms with Crippen LogP contribution in [-0.2, 0) is 0 Å². The highest BCUT2D eigenvalue weighted by molar-refractivity contribution is 6.06. The first-order valence-corrected chi connectivity index (χ1v) is 5.68. The smallest absolute Gasteiger partial charge is 0.259 e. The van der Waals surface area contributed by atoms with E-state index in [1.54, 1.807) is 42.7 Å². The zero-order chi connectivity index (χ0) is 13.7. The first-order valence-electron chi connectivity index (χ1n) is 5.68. The molecule has 1 amide bonds. The molecule has 5 heteroatoms. The van der Waals surface area contributed by atoms with Gasteiger partial charge in [0, 0.05) is 18.1 Å². The Kier molecular flexibility index (Phi) is 3.97. The third-order valence-electron chi connectivity index (χ3n) is 2.59. The fraction of sp³-hybridized carbons (Fsp3) is 0.143. The Morgan fingerprint density at radius 1 is 1.11 bits per heavy atom. The lowest BCUT2D eigenvalue weighted by molar-refractivity contribution is 0.102. The Bertz CT molecular complexity index is 570. The first-order chi connectivity index (χ1) is 9.26. The fourth-order valence-corrected chi connectivity index (χ4v) is 1.70. The van der Waals surface area contributed by atoms with Crippen LogP contribution in [0.2, 0.25) is 0 Å². The van der Waals surface area contributed by atoms with Gasteiger partial charge in [-0.1, -0.05) is 6.07 Å². The average molecular weight is 258 g/mol. The maximum atomic E-state index is 12.2. The molecule has 0 saturated carbocycles. The number of pyridine rings is 1. The summed E-state index contributed by atoms with van der Waals surface area (Å²) in [7, 11) is 3.03. The summed E-state index contributed by atoms with van der Waals surface area (Å²) in [5.41, 5.74) is 1.09. The number of carbonyl (C=O) groups excluding carboxylic acids is 1. The van der Waals surface area contributed by atoms with E-state index in [0.29, 0.717) is 22.7 Å². The molecule has 1 heterocycles. The van der Waals surface area contributed by atoms with Crippen molar-refractivity contribution in [2.24, 2.45) is 0 Å². The normalized spacial score (nSPS) is 9.79. The van der Waals surface area contributed by atoms with Gasteiger partial charge in [-0.05, 0) is 24.3 Å². The summed E-state index contributed by atoms with van der Waals surface area (Å²) in [6, 6.07) is 8.58. The number of nitrogens with one attached hydrogen (secondary N) is 1. The number of nitrogens with zero attached hydrogens (tertiary/aromatic N) is 1. The van der Waals surface area contributed by atoms with E-state index in [1.807, 2.05) is 0 Å². The van der Waals surface area contributed by atoms with Gasteiger partial charge in [-0.25, -0.2) is 0 Å². The molecule has 0 aliphatic carbocycles. The van der Waals surface area contributed by atoms with Gasteiger partial charge in [-0.15, -0.1) is 0 Å². The Balaban J connectivity index is 2.29. The maximum Gasteiger partial charge on any atom is 0.259 e. The molecule has 19 heavy (non-hydrogen) atoms. The van der Waals surface area contributed by atoms with Crippen molar-refractivity contribution in [3.63, 3.8) is 0 Å². The van der Waals surface area contributed by atoms with Crippen LogP contribution in [0.4, 0.5) is 5.69 Å². The number of rotatable bonds is 4. The number of methoxy groups -OCH3 is 2. The highest BCUT2D eigenvalue weighted by Gasteiger charge is 2.16. The van der Waals surface area contributed by atoms with Crippen LogP contribution in [0, 0.1) is 0 Å². The molecule has 0 fully saturated rings. The summed E-state index contributed by atoms with van der Waals surface area (Å²) in [6.45, 7) is 0. The van der Waals surface area contributed by atoms with E-state index in [0.717, 1.165) is 0 Å². The molecule has 0 atom stereocenters. The number of carbonyl (C=O) groups is 1. The van der Waals surface area contributed by atoms with Crippen molar-refractivity contribution in [3.05, 3.63) is 48.3 Å². The first kappa shape index (κ1) is 12.9. The number of aromatic nitrogens is 1. The predicted octanol–water partition coefficient (Wildman–Crippen LogP) is 2.35. The number of anilines is 1. The number of ether oxygens (including phenoxy) is 2.